The third-order valence-corrected chi connectivity index (χ3v) is 12.2. The third kappa shape index (κ3) is 5.11. The Bertz CT molecular complexity index is 3390. The molecule has 59 heavy (non-hydrogen) atoms. The molecule has 0 amide bonds. The molecule has 2 unspecified atom stereocenters. The average molecular weight is 757 g/mol. The lowest BCUT2D eigenvalue weighted by Gasteiger charge is -2.34. The lowest BCUT2D eigenvalue weighted by Crippen LogP contribution is -2.24. The molecule has 3 aromatic heterocycles. The van der Waals surface area contributed by atoms with Crippen molar-refractivity contribution in [2.45, 2.75) is 12.0 Å². The first-order valence-electron chi connectivity index (χ1n) is 20.1. The SMILES string of the molecule is C=Cc1c(/C=C/C2=CC3c4ccccc4N(c4ccccc4)C3c3ccccc32)c2ccccc2n1-c1nc(-c2ccc3oc4ccccc4c3c2)c2ccccc2n1. The van der Waals surface area contributed by atoms with Gasteiger partial charge < -0.3 is 9.32 Å². The van der Waals surface area contributed by atoms with Gasteiger partial charge in [0.2, 0.25) is 5.95 Å². The van der Waals surface area contributed by atoms with Gasteiger partial charge in [-0.2, -0.15) is 0 Å². The van der Waals surface area contributed by atoms with Crippen LogP contribution < -0.4 is 4.90 Å². The van der Waals surface area contributed by atoms with Crippen molar-refractivity contribution in [3.05, 3.63) is 217 Å². The minimum Gasteiger partial charge on any atom is -0.456 e. The summed E-state index contributed by atoms with van der Waals surface area (Å²) in [7, 11) is 0. The van der Waals surface area contributed by atoms with Gasteiger partial charge in [-0.1, -0.05) is 140 Å². The third-order valence-electron chi connectivity index (χ3n) is 12.2. The highest BCUT2D eigenvalue weighted by Gasteiger charge is 2.42. The van der Waals surface area contributed by atoms with Crippen molar-refractivity contribution in [3.8, 4) is 17.2 Å². The Balaban J connectivity index is 1.01. The molecule has 1 aliphatic carbocycles. The second-order valence-electron chi connectivity index (χ2n) is 15.3. The van der Waals surface area contributed by atoms with Gasteiger partial charge >= 0.3 is 0 Å². The molecule has 0 saturated carbocycles. The molecule has 2 atom stereocenters. The maximum atomic E-state index is 6.19. The van der Waals surface area contributed by atoms with E-state index in [9.17, 15) is 0 Å². The number of nitrogens with zero attached hydrogens (tertiary/aromatic N) is 4. The van der Waals surface area contributed by atoms with Crippen LogP contribution in [-0.2, 0) is 0 Å². The maximum Gasteiger partial charge on any atom is 0.235 e. The van der Waals surface area contributed by atoms with E-state index in [2.05, 4.69) is 174 Å². The zero-order valence-electron chi connectivity index (χ0n) is 32.0. The predicted octanol–water partition coefficient (Wildman–Crippen LogP) is 13.9. The molecule has 278 valence electrons. The summed E-state index contributed by atoms with van der Waals surface area (Å²) in [6.07, 6.45) is 8.95. The molecule has 0 spiro atoms. The van der Waals surface area contributed by atoms with E-state index in [1.165, 1.54) is 33.6 Å². The quantitative estimate of drug-likeness (QED) is 0.169. The molecular formula is C54H36N4O. The summed E-state index contributed by atoms with van der Waals surface area (Å²) >= 11 is 0. The van der Waals surface area contributed by atoms with Crippen LogP contribution >= 0.6 is 0 Å². The molecule has 0 fully saturated rings. The molecular weight excluding hydrogens is 721 g/mol. The number of anilines is 2. The summed E-state index contributed by atoms with van der Waals surface area (Å²) in [6.45, 7) is 4.37. The summed E-state index contributed by atoms with van der Waals surface area (Å²) in [5.74, 6) is 0.778. The summed E-state index contributed by atoms with van der Waals surface area (Å²) in [4.78, 5) is 13.1. The summed E-state index contributed by atoms with van der Waals surface area (Å²) < 4.78 is 8.35. The molecule has 5 heteroatoms. The van der Waals surface area contributed by atoms with Crippen LogP contribution in [0, 0.1) is 0 Å². The molecule has 0 N–H and O–H groups in total. The van der Waals surface area contributed by atoms with Gasteiger partial charge in [-0.15, -0.1) is 0 Å². The first kappa shape index (κ1) is 33.4. The van der Waals surface area contributed by atoms with Crippen LogP contribution in [0.15, 0.2) is 193 Å². The zero-order valence-corrected chi connectivity index (χ0v) is 32.0. The van der Waals surface area contributed by atoms with Gasteiger partial charge in [0.25, 0.3) is 0 Å². The Hall–Kier alpha value is -7.76. The van der Waals surface area contributed by atoms with Gasteiger partial charge in [-0.3, -0.25) is 4.57 Å². The molecule has 2 aliphatic rings. The van der Waals surface area contributed by atoms with E-state index in [0.29, 0.717) is 5.95 Å². The van der Waals surface area contributed by atoms with E-state index in [-0.39, 0.29) is 12.0 Å². The van der Waals surface area contributed by atoms with Crippen molar-refractivity contribution < 1.29 is 4.42 Å². The van der Waals surface area contributed by atoms with Crippen LogP contribution in [0.3, 0.4) is 0 Å². The van der Waals surface area contributed by atoms with Gasteiger partial charge in [0.15, 0.2) is 0 Å². The summed E-state index contributed by atoms with van der Waals surface area (Å²) in [5.41, 5.74) is 15.0. The van der Waals surface area contributed by atoms with Crippen molar-refractivity contribution in [2.75, 3.05) is 4.90 Å². The Labute approximate surface area is 341 Å². The first-order valence-corrected chi connectivity index (χ1v) is 20.1. The van der Waals surface area contributed by atoms with Crippen molar-refractivity contribution in [2.24, 2.45) is 0 Å². The summed E-state index contributed by atoms with van der Waals surface area (Å²) in [6, 6.07) is 60.0. The number of furan rings is 1. The maximum absolute atomic E-state index is 6.19. The van der Waals surface area contributed by atoms with Crippen molar-refractivity contribution >= 4 is 72.8 Å². The zero-order chi connectivity index (χ0) is 39.0. The van der Waals surface area contributed by atoms with Crippen molar-refractivity contribution in [1.82, 2.24) is 14.5 Å². The van der Waals surface area contributed by atoms with Crippen LogP contribution in [0.1, 0.15) is 39.9 Å². The normalized spacial score (nSPS) is 15.9. The second kappa shape index (κ2) is 13.2. The average Bonchev–Trinajstić information content (AvgIpc) is 3.95. The van der Waals surface area contributed by atoms with Crippen molar-refractivity contribution in [3.63, 3.8) is 0 Å². The van der Waals surface area contributed by atoms with E-state index in [4.69, 9.17) is 14.4 Å². The number of para-hydroxylation sites is 5. The fourth-order valence-corrected chi connectivity index (χ4v) is 9.62. The van der Waals surface area contributed by atoms with Gasteiger partial charge in [-0.05, 0) is 82.9 Å². The standard InChI is InChI=1S/C54H36N4O/c1-2-47-40(30-28-34-32-45-39-20-10-13-25-48(39)57(36-16-4-3-5-17-36)53(45)42-22-7-6-18-37(34)42)38-19-9-14-26-49(38)58(47)54-55-46-24-12-8-23-43(46)52(56-54)35-29-31-51-44(33-35)41-21-11-15-27-50(41)59-51/h2-33,45,53H,1H2/b30-28+. The van der Waals surface area contributed by atoms with Crippen LogP contribution in [0.5, 0.6) is 0 Å². The van der Waals surface area contributed by atoms with Gasteiger partial charge in [0.1, 0.15) is 11.2 Å². The predicted molar refractivity (Wildman–Crippen MR) is 243 cm³/mol. The van der Waals surface area contributed by atoms with Crippen LogP contribution in [0.25, 0.3) is 78.7 Å². The molecule has 10 aromatic rings. The number of allylic oxidation sites excluding steroid dienone is 2. The molecule has 4 heterocycles. The van der Waals surface area contributed by atoms with E-state index in [1.54, 1.807) is 0 Å². The highest BCUT2D eigenvalue weighted by Crippen LogP contribution is 2.57. The van der Waals surface area contributed by atoms with E-state index in [1.807, 2.05) is 36.4 Å². The number of hydrogen-bond donors (Lipinski definition) is 0. The Kier molecular flexibility index (Phi) is 7.44. The molecule has 0 saturated heterocycles. The minimum absolute atomic E-state index is 0.154. The molecule has 5 nitrogen and oxygen atoms in total. The highest BCUT2D eigenvalue weighted by atomic mass is 16.3. The van der Waals surface area contributed by atoms with E-state index in [0.717, 1.165) is 66.3 Å². The topological polar surface area (TPSA) is 47.1 Å². The summed E-state index contributed by atoms with van der Waals surface area (Å²) in [5, 5.41) is 4.24. The number of fused-ring (bicyclic) bond motifs is 10. The van der Waals surface area contributed by atoms with Crippen molar-refractivity contribution in [1.29, 1.82) is 0 Å². The van der Waals surface area contributed by atoms with Gasteiger partial charge in [-0.25, -0.2) is 9.97 Å². The highest BCUT2D eigenvalue weighted by molar-refractivity contribution is 6.07. The Morgan fingerprint density at radius 2 is 1.31 bits per heavy atom. The minimum atomic E-state index is 0.154. The van der Waals surface area contributed by atoms with Crippen LogP contribution in [-0.4, -0.2) is 14.5 Å². The molecule has 7 aromatic carbocycles. The molecule has 0 radical (unpaired) electrons. The number of rotatable bonds is 6. The Morgan fingerprint density at radius 3 is 2.19 bits per heavy atom. The van der Waals surface area contributed by atoms with E-state index >= 15 is 0 Å². The lowest BCUT2D eigenvalue weighted by molar-refractivity contribution is 0.665. The monoisotopic (exact) mass is 756 g/mol. The fraction of sp³-hybridized carbons (Fsp3) is 0.0370. The molecule has 12 rings (SSSR count). The number of hydrogen-bond acceptors (Lipinski definition) is 4. The Morgan fingerprint density at radius 1 is 0.593 bits per heavy atom. The number of benzene rings is 7. The smallest absolute Gasteiger partial charge is 0.235 e. The lowest BCUT2D eigenvalue weighted by atomic mass is 9.79. The van der Waals surface area contributed by atoms with Gasteiger partial charge in [0.05, 0.1) is 28.5 Å². The van der Waals surface area contributed by atoms with Crippen LogP contribution in [0.2, 0.25) is 0 Å². The second-order valence-corrected chi connectivity index (χ2v) is 15.3. The fourth-order valence-electron chi connectivity index (χ4n) is 9.62. The molecule has 0 bridgehead atoms. The van der Waals surface area contributed by atoms with Crippen LogP contribution in [0.4, 0.5) is 11.4 Å². The molecule has 1 aliphatic heterocycles. The number of aromatic nitrogens is 3. The first-order chi connectivity index (χ1) is 29.2. The largest absolute Gasteiger partial charge is 0.456 e. The van der Waals surface area contributed by atoms with Gasteiger partial charge in [0, 0.05) is 50.0 Å². The van der Waals surface area contributed by atoms with E-state index < -0.39 is 0 Å².